The Morgan fingerprint density at radius 3 is 2.45 bits per heavy atom. The Hall–Kier alpha value is -5.53. The number of carbonyl (C=O) groups is 3. The van der Waals surface area contributed by atoms with Gasteiger partial charge >= 0.3 is 0 Å². The maximum atomic E-state index is 14.5. The summed E-state index contributed by atoms with van der Waals surface area (Å²) in [5.74, 6) is -3.21. The zero-order valence-electron chi connectivity index (χ0n) is 32.3. The van der Waals surface area contributed by atoms with E-state index in [1.807, 2.05) is 12.1 Å². The third-order valence-electron chi connectivity index (χ3n) is 12.3. The molecule has 1 unspecified atom stereocenters. The largest absolute Gasteiger partial charge is 0.857 e. The van der Waals surface area contributed by atoms with Crippen LogP contribution in [0, 0.1) is 5.41 Å². The van der Waals surface area contributed by atoms with Gasteiger partial charge in [-0.1, -0.05) is 61.7 Å². The molecular weight excluding hydrogens is 778 g/mol. The van der Waals surface area contributed by atoms with E-state index in [4.69, 9.17) is 24.4 Å². The number of amidine groups is 1. The standard InChI is InChI=1S/C43H43N5O12/c44-42-46-39-30(40(56)47-42)45-20-48(39)28-11-5-4-8-23(28)22-13-17-58-43(14-6-1-7-15-43)38-34(54)33(53)35(55)41(60-38)59-36-26(22)18-27-29(37(36)57-19-21(50)12-16-49)32(52)25-10-3-2-9-24(25)31(27)51/h2-5,8-11,16,18,21-22,33-35,38,41,50,53-55H,1,6-7,12-15,17,19-20H2,(H2,44,47,56)/t21-,22+,33-,34-,35+,38+,41+/m1/s1. The van der Waals surface area contributed by atoms with Crippen LogP contribution in [-0.4, -0.2) is 124 Å². The van der Waals surface area contributed by atoms with Crippen molar-refractivity contribution in [2.24, 2.45) is 15.0 Å². The number of aliphatic hydroxyl groups excluding tert-OH is 4. The number of fused-ring (bicyclic) bond motifs is 7. The molecule has 0 amide bonds. The maximum absolute atomic E-state index is 14.5. The predicted octanol–water partition coefficient (Wildman–Crippen LogP) is 0.266. The lowest BCUT2D eigenvalue weighted by Crippen LogP contribution is -3.09. The van der Waals surface area contributed by atoms with E-state index in [1.165, 1.54) is 6.07 Å². The number of nitrogens with zero attached hydrogens (tertiary/aromatic N) is 3. The SMILES string of the molecule is N=C1N=C([O-])C2=NC[NH+](c3ccccc3[C@@H]3CCOC4(CCCCC4)[C@H]4O[C@H](Oc5c3cc3c(c5OC[C@H](O)CC=O)C(=O)c5ccccc5C3=O)[C@@H](O)[C@H](O)[C@H]4O)C2=N1. The summed E-state index contributed by atoms with van der Waals surface area (Å²) in [6, 6.07) is 15.1. The molecule has 0 aromatic heterocycles. The van der Waals surface area contributed by atoms with Crippen molar-refractivity contribution in [3.8, 4) is 11.5 Å². The third-order valence-corrected chi connectivity index (χ3v) is 12.3. The van der Waals surface area contributed by atoms with Crippen LogP contribution in [0.5, 0.6) is 11.5 Å². The van der Waals surface area contributed by atoms with Crippen molar-refractivity contribution >= 4 is 46.9 Å². The molecule has 6 N–H and O–H groups in total. The number of ether oxygens (including phenoxy) is 4. The number of hydrogen-bond donors (Lipinski definition) is 6. The summed E-state index contributed by atoms with van der Waals surface area (Å²) >= 11 is 0. The number of aliphatic imine (C=N–C) groups is 3. The number of aldehydes is 1. The second-order valence-corrected chi connectivity index (χ2v) is 15.9. The van der Waals surface area contributed by atoms with E-state index in [1.54, 1.807) is 36.4 Å². The quantitative estimate of drug-likeness (QED) is 0.137. The second kappa shape index (κ2) is 15.8. The van der Waals surface area contributed by atoms with Gasteiger partial charge < -0.3 is 49.3 Å². The van der Waals surface area contributed by atoms with Crippen LogP contribution in [0.2, 0.25) is 0 Å². The average Bonchev–Trinajstić information content (AvgIpc) is 3.67. The molecule has 17 nitrogen and oxygen atoms in total. The second-order valence-electron chi connectivity index (χ2n) is 15.9. The summed E-state index contributed by atoms with van der Waals surface area (Å²) in [7, 11) is 0. The minimum absolute atomic E-state index is 0.0292. The van der Waals surface area contributed by atoms with Crippen LogP contribution in [0.25, 0.3) is 0 Å². The van der Waals surface area contributed by atoms with Crippen LogP contribution in [0.4, 0.5) is 5.69 Å². The number of quaternary nitrogens is 1. The Bertz CT molecular complexity index is 2370. The Morgan fingerprint density at radius 1 is 0.950 bits per heavy atom. The van der Waals surface area contributed by atoms with Crippen LogP contribution >= 0.6 is 0 Å². The van der Waals surface area contributed by atoms with Gasteiger partial charge in [-0.05, 0) is 31.4 Å². The summed E-state index contributed by atoms with van der Waals surface area (Å²) in [6.45, 7) is -0.413. The van der Waals surface area contributed by atoms with E-state index in [-0.39, 0.29) is 77.0 Å². The normalized spacial score (nSPS) is 28.7. The number of carbonyl (C=O) groups excluding carboxylic acids is 3. The lowest BCUT2D eigenvalue weighted by molar-refractivity contribution is -0.723. The number of rotatable bonds is 7. The fourth-order valence-corrected chi connectivity index (χ4v) is 9.43. The van der Waals surface area contributed by atoms with E-state index in [0.29, 0.717) is 35.3 Å². The number of nitrogens with one attached hydrogen (secondary N) is 2. The van der Waals surface area contributed by atoms with Gasteiger partial charge in [-0.2, -0.15) is 4.99 Å². The minimum atomic E-state index is -1.83. The van der Waals surface area contributed by atoms with E-state index in [9.17, 15) is 39.9 Å². The van der Waals surface area contributed by atoms with Gasteiger partial charge in [-0.25, -0.2) is 14.9 Å². The highest BCUT2D eigenvalue weighted by atomic mass is 16.7. The van der Waals surface area contributed by atoms with Gasteiger partial charge in [-0.15, -0.1) is 0 Å². The van der Waals surface area contributed by atoms with Crippen molar-refractivity contribution in [2.75, 3.05) is 19.9 Å². The first kappa shape index (κ1) is 39.9. The van der Waals surface area contributed by atoms with Crippen molar-refractivity contribution < 1.29 is 63.8 Å². The van der Waals surface area contributed by atoms with Gasteiger partial charge in [0.05, 0.1) is 17.3 Å². The first-order valence-electron chi connectivity index (χ1n) is 20.1. The first-order chi connectivity index (χ1) is 29.0. The molecule has 17 heteroatoms. The monoisotopic (exact) mass is 821 g/mol. The summed E-state index contributed by atoms with van der Waals surface area (Å²) in [6.07, 6.45) is -5.58. The number of aliphatic hydroxyl groups is 4. The highest BCUT2D eigenvalue weighted by molar-refractivity contribution is 6.66. The average molecular weight is 822 g/mol. The molecule has 1 spiro atoms. The fourth-order valence-electron chi connectivity index (χ4n) is 9.43. The van der Waals surface area contributed by atoms with Crippen molar-refractivity contribution in [2.45, 2.75) is 93.3 Å². The zero-order chi connectivity index (χ0) is 41.9. The molecule has 1 saturated carbocycles. The van der Waals surface area contributed by atoms with Gasteiger partial charge in [0.2, 0.25) is 12.2 Å². The van der Waals surface area contributed by atoms with Crippen LogP contribution < -0.4 is 19.5 Å². The molecular formula is C43H43N5O12. The lowest BCUT2D eigenvalue weighted by atomic mass is 9.76. The highest BCUT2D eigenvalue weighted by Gasteiger charge is 2.55. The Balaban J connectivity index is 1.29. The summed E-state index contributed by atoms with van der Waals surface area (Å²) in [4.78, 5) is 53.4. The van der Waals surface area contributed by atoms with Crippen molar-refractivity contribution in [3.05, 3.63) is 88.0 Å². The van der Waals surface area contributed by atoms with E-state index in [2.05, 4.69) is 15.0 Å². The highest BCUT2D eigenvalue weighted by Crippen LogP contribution is 2.50. The molecule has 1 saturated heterocycles. The van der Waals surface area contributed by atoms with Gasteiger partial charge in [0.1, 0.15) is 43.0 Å². The fraction of sp³-hybridized carbons (Fsp3) is 0.419. The predicted molar refractivity (Wildman–Crippen MR) is 209 cm³/mol. The van der Waals surface area contributed by atoms with E-state index in [0.717, 1.165) is 19.3 Å². The van der Waals surface area contributed by atoms with E-state index < -0.39 is 78.4 Å². The molecule has 6 aliphatic rings. The molecule has 3 aromatic rings. The molecule has 8 atom stereocenters. The molecule has 9 rings (SSSR count). The number of hydrogen-bond acceptors (Lipinski definition) is 14. The minimum Gasteiger partial charge on any atom is -0.857 e. The molecule has 2 bridgehead atoms. The molecule has 312 valence electrons. The topological polar surface area (TPSA) is 257 Å². The van der Waals surface area contributed by atoms with Crippen LogP contribution in [-0.2, 0) is 14.3 Å². The van der Waals surface area contributed by atoms with Crippen molar-refractivity contribution in [1.29, 1.82) is 5.41 Å². The summed E-state index contributed by atoms with van der Waals surface area (Å²) in [5, 5.41) is 66.2. The van der Waals surface area contributed by atoms with Crippen molar-refractivity contribution in [1.82, 2.24) is 0 Å². The lowest BCUT2D eigenvalue weighted by Gasteiger charge is -2.50. The van der Waals surface area contributed by atoms with Gasteiger partial charge in [0.15, 0.2) is 35.4 Å². The molecule has 60 heavy (non-hydrogen) atoms. The summed E-state index contributed by atoms with van der Waals surface area (Å²) < 4.78 is 26.2. The first-order valence-corrected chi connectivity index (χ1v) is 20.1. The molecule has 4 aliphatic heterocycles. The zero-order valence-corrected chi connectivity index (χ0v) is 32.3. The molecule has 2 fully saturated rings. The number of benzene rings is 3. The molecule has 4 heterocycles. The van der Waals surface area contributed by atoms with Gasteiger partial charge in [0, 0.05) is 52.7 Å². The van der Waals surface area contributed by atoms with Gasteiger partial charge in [-0.3, -0.25) is 15.0 Å². The molecule has 3 aromatic carbocycles. The number of para-hydroxylation sites is 1. The van der Waals surface area contributed by atoms with Crippen molar-refractivity contribution in [3.63, 3.8) is 0 Å². The smallest absolute Gasteiger partial charge is 0.262 e. The van der Waals surface area contributed by atoms with Crippen LogP contribution in [0.15, 0.2) is 69.6 Å². The Kier molecular flexibility index (Phi) is 10.5. The summed E-state index contributed by atoms with van der Waals surface area (Å²) in [5.41, 5.74) is 0.484. The van der Waals surface area contributed by atoms with Gasteiger partial charge in [0.25, 0.3) is 5.84 Å². The number of ketones is 2. The van der Waals surface area contributed by atoms with E-state index >= 15 is 0 Å². The third kappa shape index (κ3) is 6.66. The van der Waals surface area contributed by atoms with Crippen LogP contribution in [0.3, 0.4) is 0 Å². The molecule has 2 aliphatic carbocycles. The Morgan fingerprint density at radius 2 is 1.68 bits per heavy atom. The molecule has 0 radical (unpaired) electrons. The number of guanidine groups is 1. The Labute approximate surface area is 343 Å². The maximum Gasteiger partial charge on any atom is 0.262 e. The van der Waals surface area contributed by atoms with Crippen LogP contribution in [0.1, 0.15) is 93.8 Å².